The van der Waals surface area contributed by atoms with E-state index in [9.17, 15) is 9.59 Å². The van der Waals surface area contributed by atoms with Crippen molar-refractivity contribution >= 4 is 17.6 Å². The second kappa shape index (κ2) is 8.78. The van der Waals surface area contributed by atoms with Crippen LogP contribution in [-0.4, -0.2) is 30.2 Å². The van der Waals surface area contributed by atoms with E-state index in [1.165, 1.54) is 12.8 Å². The Morgan fingerprint density at radius 1 is 1.11 bits per heavy atom. The Hall–Kier alpha value is -3.02. The molecule has 0 radical (unpaired) electrons. The molecule has 1 atom stereocenters. The summed E-state index contributed by atoms with van der Waals surface area (Å²) in [5, 5.41) is 12.0. The monoisotopic (exact) mass is 383 g/mol. The minimum atomic E-state index is -0.911. The van der Waals surface area contributed by atoms with Crippen molar-refractivity contribution in [2.75, 3.05) is 12.4 Å². The minimum absolute atomic E-state index is 0.201. The SMILES string of the molecule is COc1cc(C(=O)Nc2cccc(C(C)C(=O)O)c2)ccc1OC1CCCC1. The fraction of sp³-hybridized carbons (Fsp3) is 0.364. The van der Waals surface area contributed by atoms with Crippen molar-refractivity contribution in [3.05, 3.63) is 53.6 Å². The van der Waals surface area contributed by atoms with Crippen LogP contribution in [0.5, 0.6) is 11.5 Å². The summed E-state index contributed by atoms with van der Waals surface area (Å²) in [7, 11) is 1.55. The highest BCUT2D eigenvalue weighted by Crippen LogP contribution is 2.32. The van der Waals surface area contributed by atoms with E-state index < -0.39 is 11.9 Å². The topological polar surface area (TPSA) is 84.9 Å². The van der Waals surface area contributed by atoms with Crippen LogP contribution >= 0.6 is 0 Å². The molecule has 0 aromatic heterocycles. The molecule has 2 aromatic rings. The van der Waals surface area contributed by atoms with Crippen LogP contribution < -0.4 is 14.8 Å². The van der Waals surface area contributed by atoms with Crippen molar-refractivity contribution in [2.24, 2.45) is 0 Å². The van der Waals surface area contributed by atoms with Gasteiger partial charge in [0.1, 0.15) is 0 Å². The molecule has 1 amide bonds. The zero-order valence-electron chi connectivity index (χ0n) is 16.1. The molecule has 2 aromatic carbocycles. The second-order valence-electron chi connectivity index (χ2n) is 7.03. The van der Waals surface area contributed by atoms with Crippen LogP contribution in [0.1, 0.15) is 54.4 Å². The van der Waals surface area contributed by atoms with Gasteiger partial charge in [0.15, 0.2) is 11.5 Å². The van der Waals surface area contributed by atoms with Crippen molar-refractivity contribution in [1.29, 1.82) is 0 Å². The fourth-order valence-electron chi connectivity index (χ4n) is 3.32. The average Bonchev–Trinajstić information content (AvgIpc) is 3.20. The Labute approximate surface area is 164 Å². The number of anilines is 1. The van der Waals surface area contributed by atoms with Gasteiger partial charge >= 0.3 is 5.97 Å². The van der Waals surface area contributed by atoms with Crippen LogP contribution in [0.4, 0.5) is 5.69 Å². The van der Waals surface area contributed by atoms with Gasteiger partial charge in [-0.05, 0) is 68.5 Å². The normalized spacial score (nSPS) is 15.1. The van der Waals surface area contributed by atoms with Crippen molar-refractivity contribution in [1.82, 2.24) is 0 Å². The Kier molecular flexibility index (Phi) is 6.19. The lowest BCUT2D eigenvalue weighted by atomic mass is 10.0. The predicted octanol–water partition coefficient (Wildman–Crippen LogP) is 4.46. The van der Waals surface area contributed by atoms with Gasteiger partial charge in [0, 0.05) is 11.3 Å². The number of methoxy groups -OCH3 is 1. The Morgan fingerprint density at radius 2 is 1.86 bits per heavy atom. The van der Waals surface area contributed by atoms with Crippen molar-refractivity contribution < 1.29 is 24.2 Å². The predicted molar refractivity (Wildman–Crippen MR) is 106 cm³/mol. The molecule has 6 nitrogen and oxygen atoms in total. The molecule has 0 aliphatic heterocycles. The van der Waals surface area contributed by atoms with Gasteiger partial charge in [0.2, 0.25) is 0 Å². The number of nitrogens with one attached hydrogen (secondary N) is 1. The molecule has 2 N–H and O–H groups in total. The third kappa shape index (κ3) is 4.63. The largest absolute Gasteiger partial charge is 0.493 e. The van der Waals surface area contributed by atoms with E-state index in [2.05, 4.69) is 5.32 Å². The first-order valence-electron chi connectivity index (χ1n) is 9.46. The van der Waals surface area contributed by atoms with Gasteiger partial charge in [-0.3, -0.25) is 9.59 Å². The lowest BCUT2D eigenvalue weighted by Gasteiger charge is -2.16. The van der Waals surface area contributed by atoms with Gasteiger partial charge in [-0.1, -0.05) is 12.1 Å². The number of carboxylic acids is 1. The average molecular weight is 383 g/mol. The molecule has 1 saturated carbocycles. The Bertz CT molecular complexity index is 858. The molecule has 1 aliphatic carbocycles. The van der Waals surface area contributed by atoms with E-state index in [-0.39, 0.29) is 12.0 Å². The van der Waals surface area contributed by atoms with Crippen LogP contribution in [0.3, 0.4) is 0 Å². The van der Waals surface area contributed by atoms with Gasteiger partial charge in [-0.25, -0.2) is 0 Å². The molecule has 0 spiro atoms. The summed E-state index contributed by atoms with van der Waals surface area (Å²) in [6.45, 7) is 1.61. The number of amides is 1. The van der Waals surface area contributed by atoms with E-state index >= 15 is 0 Å². The smallest absolute Gasteiger partial charge is 0.310 e. The molecule has 6 heteroatoms. The van der Waals surface area contributed by atoms with Crippen LogP contribution in [0.15, 0.2) is 42.5 Å². The molecular formula is C22H25NO5. The van der Waals surface area contributed by atoms with Gasteiger partial charge in [0.25, 0.3) is 5.91 Å². The second-order valence-corrected chi connectivity index (χ2v) is 7.03. The summed E-state index contributed by atoms with van der Waals surface area (Å²) in [6.07, 6.45) is 4.63. The quantitative estimate of drug-likeness (QED) is 0.737. The maximum Gasteiger partial charge on any atom is 0.310 e. The maximum absolute atomic E-state index is 12.6. The summed E-state index contributed by atoms with van der Waals surface area (Å²) >= 11 is 0. The van der Waals surface area contributed by atoms with E-state index in [0.29, 0.717) is 28.3 Å². The van der Waals surface area contributed by atoms with Crippen LogP contribution in [0.25, 0.3) is 0 Å². The molecule has 1 aliphatic rings. The van der Waals surface area contributed by atoms with Gasteiger partial charge in [-0.15, -0.1) is 0 Å². The minimum Gasteiger partial charge on any atom is -0.493 e. The molecule has 0 bridgehead atoms. The van der Waals surface area contributed by atoms with Gasteiger partial charge in [0.05, 0.1) is 19.1 Å². The van der Waals surface area contributed by atoms with Crippen LogP contribution in [-0.2, 0) is 4.79 Å². The Morgan fingerprint density at radius 3 is 2.54 bits per heavy atom. The number of hydrogen-bond donors (Lipinski definition) is 2. The molecular weight excluding hydrogens is 358 g/mol. The summed E-state index contributed by atoms with van der Waals surface area (Å²) in [5.41, 5.74) is 1.61. The summed E-state index contributed by atoms with van der Waals surface area (Å²) in [4.78, 5) is 23.8. The molecule has 0 saturated heterocycles. The van der Waals surface area contributed by atoms with E-state index in [1.807, 2.05) is 0 Å². The summed E-state index contributed by atoms with van der Waals surface area (Å²) < 4.78 is 11.4. The maximum atomic E-state index is 12.6. The fourth-order valence-corrected chi connectivity index (χ4v) is 3.32. The zero-order valence-corrected chi connectivity index (χ0v) is 16.1. The van der Waals surface area contributed by atoms with E-state index in [0.717, 1.165) is 12.8 Å². The summed E-state index contributed by atoms with van der Waals surface area (Å²) in [6, 6.07) is 12.0. The number of aliphatic carboxylic acids is 1. The third-order valence-corrected chi connectivity index (χ3v) is 5.04. The molecule has 3 rings (SSSR count). The van der Waals surface area contributed by atoms with Gasteiger partial charge in [-0.2, -0.15) is 0 Å². The number of ether oxygens (including phenoxy) is 2. The highest BCUT2D eigenvalue weighted by Gasteiger charge is 2.20. The molecule has 1 fully saturated rings. The van der Waals surface area contributed by atoms with Crippen LogP contribution in [0, 0.1) is 0 Å². The standard InChI is InChI=1S/C22H25NO5/c1-14(22(25)26)15-6-5-7-17(12-15)23-21(24)16-10-11-19(20(13-16)27-2)28-18-8-3-4-9-18/h5-7,10-14,18H,3-4,8-9H2,1-2H3,(H,23,24)(H,25,26). The van der Waals surface area contributed by atoms with E-state index in [4.69, 9.17) is 14.6 Å². The first-order chi connectivity index (χ1) is 13.5. The number of benzene rings is 2. The van der Waals surface area contributed by atoms with Crippen LogP contribution in [0.2, 0.25) is 0 Å². The number of hydrogen-bond acceptors (Lipinski definition) is 4. The lowest BCUT2D eigenvalue weighted by Crippen LogP contribution is -2.14. The Balaban J connectivity index is 1.73. The van der Waals surface area contributed by atoms with E-state index in [1.54, 1.807) is 56.5 Å². The third-order valence-electron chi connectivity index (χ3n) is 5.04. The number of carboxylic acid groups (broad SMARTS) is 1. The zero-order chi connectivity index (χ0) is 20.1. The molecule has 148 valence electrons. The van der Waals surface area contributed by atoms with Gasteiger partial charge < -0.3 is 19.9 Å². The van der Waals surface area contributed by atoms with Crippen molar-refractivity contribution in [3.63, 3.8) is 0 Å². The number of carbonyl (C=O) groups excluding carboxylic acids is 1. The summed E-state index contributed by atoms with van der Waals surface area (Å²) in [5.74, 6) is -0.697. The molecule has 1 unspecified atom stereocenters. The number of rotatable bonds is 7. The molecule has 28 heavy (non-hydrogen) atoms. The highest BCUT2D eigenvalue weighted by atomic mass is 16.5. The van der Waals surface area contributed by atoms with Crippen molar-refractivity contribution in [3.8, 4) is 11.5 Å². The first-order valence-corrected chi connectivity index (χ1v) is 9.46. The van der Waals surface area contributed by atoms with Crippen molar-refractivity contribution in [2.45, 2.75) is 44.6 Å². The number of carbonyl (C=O) groups is 2. The highest BCUT2D eigenvalue weighted by molar-refractivity contribution is 6.04. The lowest BCUT2D eigenvalue weighted by molar-refractivity contribution is -0.138. The molecule has 0 heterocycles. The first kappa shape index (κ1) is 19.7.